The number of carbonyl (C=O) groups is 1. The van der Waals surface area contributed by atoms with Gasteiger partial charge in [0.1, 0.15) is 0 Å². The average molecular weight is 233 g/mol. The second-order valence-corrected chi connectivity index (χ2v) is 4.13. The fourth-order valence-electron chi connectivity index (χ4n) is 1.78. The molecule has 0 aromatic carbocycles. The SMILES string of the molecule is O=C(O)c1cn(Cc2cncn2C2CC2)nn1. The molecular formula is C10H11N5O2. The number of imidazole rings is 1. The molecule has 0 aliphatic heterocycles. The first-order valence-electron chi connectivity index (χ1n) is 5.38. The van der Waals surface area contributed by atoms with E-state index in [9.17, 15) is 4.79 Å². The topological polar surface area (TPSA) is 85.8 Å². The van der Waals surface area contributed by atoms with E-state index in [2.05, 4.69) is 19.9 Å². The molecule has 7 heteroatoms. The summed E-state index contributed by atoms with van der Waals surface area (Å²) in [6.07, 6.45) is 7.37. The summed E-state index contributed by atoms with van der Waals surface area (Å²) in [6, 6.07) is 0.551. The Hall–Kier alpha value is -2.18. The third kappa shape index (κ3) is 1.91. The molecule has 3 rings (SSSR count). The fraction of sp³-hybridized carbons (Fsp3) is 0.400. The predicted molar refractivity (Wildman–Crippen MR) is 56.6 cm³/mol. The lowest BCUT2D eigenvalue weighted by Gasteiger charge is -2.05. The minimum atomic E-state index is -1.06. The minimum Gasteiger partial charge on any atom is -0.476 e. The fourth-order valence-corrected chi connectivity index (χ4v) is 1.78. The maximum atomic E-state index is 10.7. The molecule has 1 saturated carbocycles. The number of rotatable bonds is 4. The Morgan fingerprint density at radius 3 is 3.00 bits per heavy atom. The maximum Gasteiger partial charge on any atom is 0.358 e. The van der Waals surface area contributed by atoms with Crippen LogP contribution in [0.15, 0.2) is 18.7 Å². The Kier molecular flexibility index (Phi) is 2.17. The highest BCUT2D eigenvalue weighted by Crippen LogP contribution is 2.35. The molecule has 0 bridgehead atoms. The van der Waals surface area contributed by atoms with Crippen LogP contribution in [0.5, 0.6) is 0 Å². The third-order valence-corrected chi connectivity index (χ3v) is 2.77. The van der Waals surface area contributed by atoms with Gasteiger partial charge in [0.2, 0.25) is 0 Å². The summed E-state index contributed by atoms with van der Waals surface area (Å²) in [5.74, 6) is -1.06. The molecule has 0 unspecified atom stereocenters. The zero-order valence-electron chi connectivity index (χ0n) is 9.02. The van der Waals surface area contributed by atoms with Crippen LogP contribution < -0.4 is 0 Å². The molecule has 1 aliphatic carbocycles. The summed E-state index contributed by atoms with van der Waals surface area (Å²) in [4.78, 5) is 14.8. The van der Waals surface area contributed by atoms with Crippen molar-refractivity contribution in [2.45, 2.75) is 25.4 Å². The summed E-state index contributed by atoms with van der Waals surface area (Å²) in [5.41, 5.74) is 0.983. The van der Waals surface area contributed by atoms with Crippen molar-refractivity contribution in [2.24, 2.45) is 0 Å². The van der Waals surface area contributed by atoms with Crippen LogP contribution in [-0.4, -0.2) is 35.6 Å². The monoisotopic (exact) mass is 233 g/mol. The summed E-state index contributed by atoms with van der Waals surface area (Å²) in [6.45, 7) is 0.497. The van der Waals surface area contributed by atoms with Gasteiger partial charge in [0, 0.05) is 6.04 Å². The van der Waals surface area contributed by atoms with E-state index in [0.717, 1.165) is 5.69 Å². The summed E-state index contributed by atoms with van der Waals surface area (Å²) in [5, 5.41) is 16.1. The quantitative estimate of drug-likeness (QED) is 0.833. The van der Waals surface area contributed by atoms with Crippen LogP contribution in [0, 0.1) is 0 Å². The van der Waals surface area contributed by atoms with Crippen molar-refractivity contribution in [3.8, 4) is 0 Å². The predicted octanol–water partition coefficient (Wildman–Crippen LogP) is 0.556. The van der Waals surface area contributed by atoms with Gasteiger partial charge in [0.05, 0.1) is 31.0 Å². The van der Waals surface area contributed by atoms with Gasteiger partial charge in [0.25, 0.3) is 0 Å². The van der Waals surface area contributed by atoms with Crippen LogP contribution in [0.3, 0.4) is 0 Å². The molecule has 2 heterocycles. The number of hydrogen-bond donors (Lipinski definition) is 1. The first kappa shape index (κ1) is 10.0. The van der Waals surface area contributed by atoms with Gasteiger partial charge in [0.15, 0.2) is 5.69 Å². The molecule has 0 radical (unpaired) electrons. The van der Waals surface area contributed by atoms with Gasteiger partial charge in [-0.2, -0.15) is 0 Å². The van der Waals surface area contributed by atoms with Gasteiger partial charge < -0.3 is 9.67 Å². The van der Waals surface area contributed by atoms with Crippen LogP contribution in [0.2, 0.25) is 0 Å². The van der Waals surface area contributed by atoms with E-state index >= 15 is 0 Å². The Morgan fingerprint density at radius 1 is 1.53 bits per heavy atom. The highest BCUT2D eigenvalue weighted by atomic mass is 16.4. The largest absolute Gasteiger partial charge is 0.476 e. The first-order chi connectivity index (χ1) is 8.24. The van der Waals surface area contributed by atoms with Crippen molar-refractivity contribution in [1.82, 2.24) is 24.5 Å². The standard InChI is InChI=1S/C10H11N5O2/c16-10(17)9-5-14(13-12-9)4-8-3-11-6-15(8)7-1-2-7/h3,5-7H,1-2,4H2,(H,16,17). The zero-order chi connectivity index (χ0) is 11.8. The van der Waals surface area contributed by atoms with Gasteiger partial charge in [-0.05, 0) is 12.8 Å². The van der Waals surface area contributed by atoms with Crippen molar-refractivity contribution in [2.75, 3.05) is 0 Å². The van der Waals surface area contributed by atoms with Crippen LogP contribution in [0.1, 0.15) is 35.1 Å². The molecule has 1 aliphatic rings. The lowest BCUT2D eigenvalue weighted by atomic mass is 10.4. The molecule has 2 aromatic rings. The highest BCUT2D eigenvalue weighted by Gasteiger charge is 2.25. The number of aromatic carboxylic acids is 1. The van der Waals surface area contributed by atoms with Crippen molar-refractivity contribution in [1.29, 1.82) is 0 Å². The van der Waals surface area contributed by atoms with Crippen molar-refractivity contribution in [3.05, 3.63) is 30.1 Å². The normalized spacial score (nSPS) is 15.1. The average Bonchev–Trinajstić information content (AvgIpc) is 2.86. The van der Waals surface area contributed by atoms with Gasteiger partial charge in [-0.25, -0.2) is 14.5 Å². The maximum absolute atomic E-state index is 10.7. The summed E-state index contributed by atoms with van der Waals surface area (Å²) >= 11 is 0. The third-order valence-electron chi connectivity index (χ3n) is 2.77. The number of hydrogen-bond acceptors (Lipinski definition) is 4. The van der Waals surface area contributed by atoms with E-state index < -0.39 is 5.97 Å². The highest BCUT2D eigenvalue weighted by molar-refractivity contribution is 5.84. The Balaban J connectivity index is 1.81. The molecule has 0 atom stereocenters. The molecule has 0 amide bonds. The lowest BCUT2D eigenvalue weighted by molar-refractivity contribution is 0.0690. The van der Waals surface area contributed by atoms with E-state index in [1.54, 1.807) is 6.20 Å². The molecule has 1 N–H and O–H groups in total. The van der Waals surface area contributed by atoms with Crippen LogP contribution in [0.4, 0.5) is 0 Å². The van der Waals surface area contributed by atoms with Gasteiger partial charge in [-0.15, -0.1) is 5.10 Å². The Morgan fingerprint density at radius 2 is 2.35 bits per heavy atom. The first-order valence-corrected chi connectivity index (χ1v) is 5.38. The molecule has 17 heavy (non-hydrogen) atoms. The molecule has 1 fully saturated rings. The van der Waals surface area contributed by atoms with Crippen LogP contribution in [-0.2, 0) is 6.54 Å². The van der Waals surface area contributed by atoms with E-state index in [1.165, 1.54) is 23.7 Å². The molecule has 7 nitrogen and oxygen atoms in total. The van der Waals surface area contributed by atoms with E-state index in [0.29, 0.717) is 12.6 Å². The van der Waals surface area contributed by atoms with Gasteiger partial charge >= 0.3 is 5.97 Å². The zero-order valence-corrected chi connectivity index (χ0v) is 9.02. The number of nitrogens with zero attached hydrogens (tertiary/aromatic N) is 5. The van der Waals surface area contributed by atoms with Crippen LogP contribution >= 0.6 is 0 Å². The van der Waals surface area contributed by atoms with Crippen molar-refractivity contribution in [3.63, 3.8) is 0 Å². The number of carboxylic acids is 1. The Labute approximate surface area is 96.7 Å². The smallest absolute Gasteiger partial charge is 0.358 e. The Bertz CT molecular complexity index is 555. The molecule has 0 saturated heterocycles. The molecule has 2 aromatic heterocycles. The van der Waals surface area contributed by atoms with Crippen molar-refractivity contribution < 1.29 is 9.90 Å². The molecule has 88 valence electrons. The lowest BCUT2D eigenvalue weighted by Crippen LogP contribution is -2.06. The second kappa shape index (κ2) is 3.69. The number of carboxylic acid groups (broad SMARTS) is 1. The van der Waals surface area contributed by atoms with Crippen molar-refractivity contribution >= 4 is 5.97 Å². The van der Waals surface area contributed by atoms with Gasteiger partial charge in [-0.1, -0.05) is 5.21 Å². The molecular weight excluding hydrogens is 222 g/mol. The van der Waals surface area contributed by atoms with E-state index in [1.807, 2.05) is 6.33 Å². The van der Waals surface area contributed by atoms with Gasteiger partial charge in [-0.3, -0.25) is 0 Å². The van der Waals surface area contributed by atoms with Crippen LogP contribution in [0.25, 0.3) is 0 Å². The molecule has 0 spiro atoms. The number of aromatic nitrogens is 5. The minimum absolute atomic E-state index is 0.0394. The van der Waals surface area contributed by atoms with E-state index in [4.69, 9.17) is 5.11 Å². The summed E-state index contributed by atoms with van der Waals surface area (Å²) in [7, 11) is 0. The summed E-state index contributed by atoms with van der Waals surface area (Å²) < 4.78 is 3.63. The van der Waals surface area contributed by atoms with E-state index in [-0.39, 0.29) is 5.69 Å². The second-order valence-electron chi connectivity index (χ2n) is 4.13.